The lowest BCUT2D eigenvalue weighted by molar-refractivity contribution is 0.452. The van der Waals surface area contributed by atoms with E-state index >= 15 is 0 Å². The fraction of sp³-hybridized carbons (Fsp3) is 1.00. The number of hydrogen-bond acceptors (Lipinski definition) is 2. The van der Waals surface area contributed by atoms with Crippen molar-refractivity contribution >= 4 is 10.0 Å². The van der Waals surface area contributed by atoms with Gasteiger partial charge in [0.05, 0.1) is 5.75 Å². The van der Waals surface area contributed by atoms with Crippen LogP contribution in [-0.4, -0.2) is 31.6 Å². The Morgan fingerprint density at radius 2 is 2.08 bits per heavy atom. The fourth-order valence-corrected chi connectivity index (χ4v) is 3.37. The Bertz CT molecular complexity index is 248. The second kappa shape index (κ2) is 4.42. The predicted octanol–water partition coefficient (Wildman–Crippen LogP) is 1.46. The molecule has 3 nitrogen and oxygen atoms in total. The molecule has 0 aliphatic carbocycles. The van der Waals surface area contributed by atoms with E-state index < -0.39 is 10.0 Å². The van der Waals surface area contributed by atoms with E-state index in [0.717, 1.165) is 32.4 Å². The lowest BCUT2D eigenvalue weighted by atomic mass is 10.1. The van der Waals surface area contributed by atoms with E-state index in [9.17, 15) is 8.42 Å². The summed E-state index contributed by atoms with van der Waals surface area (Å²) in [5, 5.41) is 0. The van der Waals surface area contributed by atoms with Gasteiger partial charge >= 0.3 is 0 Å². The van der Waals surface area contributed by atoms with Crippen LogP contribution < -0.4 is 0 Å². The number of nitrogens with zero attached hydrogens (tertiary/aromatic N) is 1. The zero-order chi connectivity index (χ0) is 9.90. The molecule has 1 saturated heterocycles. The van der Waals surface area contributed by atoms with Gasteiger partial charge in [-0.15, -0.1) is 0 Å². The highest BCUT2D eigenvalue weighted by atomic mass is 32.2. The van der Waals surface area contributed by atoms with E-state index in [1.807, 2.05) is 6.92 Å². The summed E-state index contributed by atoms with van der Waals surface area (Å²) in [4.78, 5) is 0. The smallest absolute Gasteiger partial charge is 0.212 e. The molecule has 0 radical (unpaired) electrons. The Morgan fingerprint density at radius 1 is 1.38 bits per heavy atom. The Morgan fingerprint density at radius 3 is 2.54 bits per heavy atom. The molecule has 78 valence electrons. The summed E-state index contributed by atoms with van der Waals surface area (Å²) in [6.07, 6.45) is 2.85. The van der Waals surface area contributed by atoms with Gasteiger partial charge < -0.3 is 0 Å². The van der Waals surface area contributed by atoms with Crippen molar-refractivity contribution in [2.75, 3.05) is 18.8 Å². The summed E-state index contributed by atoms with van der Waals surface area (Å²) in [7, 11) is -2.92. The summed E-state index contributed by atoms with van der Waals surface area (Å²) in [5.74, 6) is 0.898. The maximum absolute atomic E-state index is 11.6. The van der Waals surface area contributed by atoms with Crippen molar-refractivity contribution in [1.29, 1.82) is 0 Å². The molecular formula is C9H19NO2S. The third-order valence-corrected chi connectivity index (χ3v) is 4.72. The van der Waals surface area contributed by atoms with Gasteiger partial charge in [0.15, 0.2) is 0 Å². The van der Waals surface area contributed by atoms with Crippen LogP contribution in [0.5, 0.6) is 0 Å². The molecule has 1 unspecified atom stereocenters. The van der Waals surface area contributed by atoms with Crippen LogP contribution in [0.2, 0.25) is 0 Å². The third-order valence-electron chi connectivity index (χ3n) is 2.68. The van der Waals surface area contributed by atoms with E-state index in [2.05, 4.69) is 6.92 Å². The van der Waals surface area contributed by atoms with Gasteiger partial charge in [0, 0.05) is 13.1 Å². The average Bonchev–Trinajstić information content (AvgIpc) is 2.52. The molecule has 13 heavy (non-hydrogen) atoms. The first-order valence-corrected chi connectivity index (χ1v) is 6.69. The highest BCUT2D eigenvalue weighted by molar-refractivity contribution is 7.89. The van der Waals surface area contributed by atoms with Crippen molar-refractivity contribution in [2.24, 2.45) is 5.92 Å². The van der Waals surface area contributed by atoms with Gasteiger partial charge in [-0.1, -0.05) is 20.3 Å². The minimum atomic E-state index is -2.92. The number of sulfonamides is 1. The maximum Gasteiger partial charge on any atom is 0.214 e. The zero-order valence-electron chi connectivity index (χ0n) is 8.49. The SMILES string of the molecule is CCCS(=O)(=O)N1CCC(CC)C1. The van der Waals surface area contributed by atoms with E-state index in [4.69, 9.17) is 0 Å². The molecule has 0 aromatic carbocycles. The highest BCUT2D eigenvalue weighted by Crippen LogP contribution is 2.22. The first kappa shape index (κ1) is 11.0. The van der Waals surface area contributed by atoms with Crippen molar-refractivity contribution in [3.05, 3.63) is 0 Å². The van der Waals surface area contributed by atoms with Crippen LogP contribution in [0.4, 0.5) is 0 Å². The van der Waals surface area contributed by atoms with E-state index in [1.54, 1.807) is 4.31 Å². The molecule has 0 aromatic heterocycles. The standard InChI is InChI=1S/C9H19NO2S/c1-3-7-13(11,12)10-6-5-9(4-2)8-10/h9H,3-8H2,1-2H3. The number of hydrogen-bond donors (Lipinski definition) is 0. The molecule has 1 heterocycles. The quantitative estimate of drug-likeness (QED) is 0.697. The van der Waals surface area contributed by atoms with Gasteiger partial charge in [-0.25, -0.2) is 12.7 Å². The zero-order valence-corrected chi connectivity index (χ0v) is 9.31. The molecular weight excluding hydrogens is 186 g/mol. The van der Waals surface area contributed by atoms with Gasteiger partial charge in [0.2, 0.25) is 10.0 Å². The van der Waals surface area contributed by atoms with E-state index in [-0.39, 0.29) is 0 Å². The normalized spacial score (nSPS) is 25.2. The summed E-state index contributed by atoms with van der Waals surface area (Å²) < 4.78 is 24.9. The van der Waals surface area contributed by atoms with Gasteiger partial charge in [-0.05, 0) is 18.8 Å². The lowest BCUT2D eigenvalue weighted by Gasteiger charge is -2.15. The Balaban J connectivity index is 2.55. The van der Waals surface area contributed by atoms with Crippen LogP contribution in [0.25, 0.3) is 0 Å². The molecule has 0 amide bonds. The first-order valence-electron chi connectivity index (χ1n) is 5.08. The van der Waals surface area contributed by atoms with Crippen LogP contribution in [0, 0.1) is 5.92 Å². The molecule has 1 aliphatic heterocycles. The van der Waals surface area contributed by atoms with Gasteiger partial charge in [-0.2, -0.15) is 0 Å². The maximum atomic E-state index is 11.6. The summed E-state index contributed by atoms with van der Waals surface area (Å²) in [6, 6.07) is 0. The predicted molar refractivity (Wildman–Crippen MR) is 54.0 cm³/mol. The monoisotopic (exact) mass is 205 g/mol. The van der Waals surface area contributed by atoms with Crippen LogP contribution in [0.1, 0.15) is 33.1 Å². The molecule has 4 heteroatoms. The summed E-state index contributed by atoms with van der Waals surface area (Å²) in [6.45, 7) is 5.52. The van der Waals surface area contributed by atoms with Crippen LogP contribution in [0.3, 0.4) is 0 Å². The Labute approximate surface area is 81.2 Å². The molecule has 1 atom stereocenters. The molecule has 0 spiro atoms. The van der Waals surface area contributed by atoms with Gasteiger partial charge in [0.1, 0.15) is 0 Å². The topological polar surface area (TPSA) is 37.4 Å². The van der Waals surface area contributed by atoms with Crippen molar-refractivity contribution < 1.29 is 8.42 Å². The van der Waals surface area contributed by atoms with Crippen LogP contribution >= 0.6 is 0 Å². The fourth-order valence-electron chi connectivity index (χ4n) is 1.77. The minimum Gasteiger partial charge on any atom is -0.212 e. The molecule has 0 bridgehead atoms. The Kier molecular flexibility index (Phi) is 3.74. The summed E-state index contributed by atoms with van der Waals surface area (Å²) >= 11 is 0. The molecule has 0 aromatic rings. The van der Waals surface area contributed by atoms with Gasteiger partial charge in [-0.3, -0.25) is 0 Å². The van der Waals surface area contributed by atoms with E-state index in [0.29, 0.717) is 11.7 Å². The van der Waals surface area contributed by atoms with Crippen molar-refractivity contribution in [3.63, 3.8) is 0 Å². The molecule has 1 aliphatic rings. The molecule has 0 N–H and O–H groups in total. The van der Waals surface area contributed by atoms with Crippen molar-refractivity contribution in [3.8, 4) is 0 Å². The first-order chi connectivity index (χ1) is 6.10. The number of rotatable bonds is 4. The largest absolute Gasteiger partial charge is 0.214 e. The average molecular weight is 205 g/mol. The van der Waals surface area contributed by atoms with Crippen molar-refractivity contribution in [2.45, 2.75) is 33.1 Å². The molecule has 1 rings (SSSR count). The summed E-state index contributed by atoms with van der Waals surface area (Å²) in [5.41, 5.74) is 0. The second-order valence-corrected chi connectivity index (χ2v) is 5.83. The van der Waals surface area contributed by atoms with Crippen LogP contribution in [0.15, 0.2) is 0 Å². The van der Waals surface area contributed by atoms with E-state index in [1.165, 1.54) is 0 Å². The van der Waals surface area contributed by atoms with Crippen LogP contribution in [-0.2, 0) is 10.0 Å². The van der Waals surface area contributed by atoms with Gasteiger partial charge in [0.25, 0.3) is 0 Å². The minimum absolute atomic E-state index is 0.309. The third kappa shape index (κ3) is 2.68. The molecule has 0 saturated carbocycles. The molecule has 1 fully saturated rings. The van der Waals surface area contributed by atoms with Crippen molar-refractivity contribution in [1.82, 2.24) is 4.31 Å². The Hall–Kier alpha value is -0.0900. The lowest BCUT2D eigenvalue weighted by Crippen LogP contribution is -2.30. The second-order valence-electron chi connectivity index (χ2n) is 3.74. The highest BCUT2D eigenvalue weighted by Gasteiger charge is 2.29.